The standard InChI is InChI=1S/C11H22N2/c1-4-6-7-8-9-11(3,10-12)13-5-2/h13H,4-9H2,1-3H3. The maximum atomic E-state index is 8.96. The van der Waals surface area contributed by atoms with Crippen LogP contribution in [0, 0.1) is 11.3 Å². The quantitative estimate of drug-likeness (QED) is 0.614. The van der Waals surface area contributed by atoms with Crippen LogP contribution in [0.1, 0.15) is 52.9 Å². The first-order chi connectivity index (χ1) is 6.18. The van der Waals surface area contributed by atoms with Crippen molar-refractivity contribution in [3.05, 3.63) is 0 Å². The number of nitriles is 1. The highest BCUT2D eigenvalue weighted by atomic mass is 14.9. The molecule has 0 aromatic rings. The number of rotatable bonds is 7. The molecule has 76 valence electrons. The molecule has 13 heavy (non-hydrogen) atoms. The van der Waals surface area contributed by atoms with E-state index in [1.807, 2.05) is 13.8 Å². The molecule has 0 saturated carbocycles. The molecule has 0 rings (SSSR count). The molecule has 0 heterocycles. The third-order valence-electron chi connectivity index (χ3n) is 2.34. The van der Waals surface area contributed by atoms with Gasteiger partial charge in [-0.1, -0.05) is 39.5 Å². The van der Waals surface area contributed by atoms with E-state index >= 15 is 0 Å². The van der Waals surface area contributed by atoms with Crippen molar-refractivity contribution in [3.8, 4) is 6.07 Å². The third kappa shape index (κ3) is 5.65. The smallest absolute Gasteiger partial charge is 0.103 e. The van der Waals surface area contributed by atoms with Crippen LogP contribution in [0.2, 0.25) is 0 Å². The second-order valence-corrected chi connectivity index (χ2v) is 3.78. The summed E-state index contributed by atoms with van der Waals surface area (Å²) in [5.41, 5.74) is -0.303. The number of unbranched alkanes of at least 4 members (excludes halogenated alkanes) is 3. The summed E-state index contributed by atoms with van der Waals surface area (Å²) in [4.78, 5) is 0. The van der Waals surface area contributed by atoms with Gasteiger partial charge >= 0.3 is 0 Å². The molecule has 1 unspecified atom stereocenters. The average molecular weight is 182 g/mol. The van der Waals surface area contributed by atoms with E-state index in [0.717, 1.165) is 19.4 Å². The van der Waals surface area contributed by atoms with Crippen LogP contribution in [0.4, 0.5) is 0 Å². The van der Waals surface area contributed by atoms with Crippen LogP contribution in [0.5, 0.6) is 0 Å². The Labute approximate surface area is 82.3 Å². The molecular weight excluding hydrogens is 160 g/mol. The second-order valence-electron chi connectivity index (χ2n) is 3.78. The average Bonchev–Trinajstić information content (AvgIpc) is 2.13. The Balaban J connectivity index is 3.65. The minimum Gasteiger partial charge on any atom is -0.300 e. The molecule has 0 spiro atoms. The van der Waals surface area contributed by atoms with Gasteiger partial charge in [-0.3, -0.25) is 5.32 Å². The molecule has 0 fully saturated rings. The van der Waals surface area contributed by atoms with Crippen molar-refractivity contribution in [1.29, 1.82) is 5.26 Å². The molecule has 0 aromatic carbocycles. The maximum Gasteiger partial charge on any atom is 0.103 e. The molecule has 0 amide bonds. The monoisotopic (exact) mass is 182 g/mol. The van der Waals surface area contributed by atoms with Gasteiger partial charge in [0.1, 0.15) is 5.54 Å². The van der Waals surface area contributed by atoms with Crippen LogP contribution in [0.3, 0.4) is 0 Å². The van der Waals surface area contributed by atoms with Gasteiger partial charge in [0.15, 0.2) is 0 Å². The summed E-state index contributed by atoms with van der Waals surface area (Å²) in [7, 11) is 0. The van der Waals surface area contributed by atoms with Gasteiger partial charge in [-0.2, -0.15) is 5.26 Å². The number of hydrogen-bond donors (Lipinski definition) is 1. The molecule has 0 aliphatic rings. The topological polar surface area (TPSA) is 35.8 Å². The van der Waals surface area contributed by atoms with Gasteiger partial charge in [-0.25, -0.2) is 0 Å². The summed E-state index contributed by atoms with van der Waals surface area (Å²) >= 11 is 0. The lowest BCUT2D eigenvalue weighted by atomic mass is 9.96. The molecule has 0 radical (unpaired) electrons. The fraction of sp³-hybridized carbons (Fsp3) is 0.909. The first kappa shape index (κ1) is 12.4. The van der Waals surface area contributed by atoms with E-state index in [9.17, 15) is 0 Å². The Bertz CT molecular complexity index is 160. The van der Waals surface area contributed by atoms with Crippen LogP contribution in [-0.4, -0.2) is 12.1 Å². The van der Waals surface area contributed by atoms with Gasteiger partial charge in [0, 0.05) is 0 Å². The lowest BCUT2D eigenvalue weighted by Crippen LogP contribution is -2.40. The third-order valence-corrected chi connectivity index (χ3v) is 2.34. The molecule has 2 heteroatoms. The Morgan fingerprint density at radius 1 is 1.23 bits per heavy atom. The lowest BCUT2D eigenvalue weighted by molar-refractivity contribution is 0.408. The van der Waals surface area contributed by atoms with Crippen LogP contribution >= 0.6 is 0 Å². The molecule has 2 nitrogen and oxygen atoms in total. The first-order valence-electron chi connectivity index (χ1n) is 5.34. The van der Waals surface area contributed by atoms with Gasteiger partial charge in [0.05, 0.1) is 6.07 Å². The van der Waals surface area contributed by atoms with Crippen molar-refractivity contribution in [2.24, 2.45) is 0 Å². The minimum absolute atomic E-state index is 0.303. The zero-order chi connectivity index (χ0) is 10.2. The number of nitrogens with one attached hydrogen (secondary N) is 1. The summed E-state index contributed by atoms with van der Waals surface area (Å²) in [5.74, 6) is 0. The van der Waals surface area contributed by atoms with Gasteiger partial charge in [0.2, 0.25) is 0 Å². The summed E-state index contributed by atoms with van der Waals surface area (Å²) in [6, 6.07) is 2.35. The van der Waals surface area contributed by atoms with E-state index < -0.39 is 0 Å². The molecule has 0 aromatic heterocycles. The second kappa shape index (κ2) is 6.91. The summed E-state index contributed by atoms with van der Waals surface area (Å²) < 4.78 is 0. The van der Waals surface area contributed by atoms with Crippen molar-refractivity contribution >= 4 is 0 Å². The van der Waals surface area contributed by atoms with Crippen LogP contribution < -0.4 is 5.32 Å². The van der Waals surface area contributed by atoms with Gasteiger partial charge in [-0.15, -0.1) is 0 Å². The minimum atomic E-state index is -0.303. The van der Waals surface area contributed by atoms with E-state index in [4.69, 9.17) is 5.26 Å². The number of hydrogen-bond acceptors (Lipinski definition) is 2. The highest BCUT2D eigenvalue weighted by Crippen LogP contribution is 2.14. The fourth-order valence-electron chi connectivity index (χ4n) is 1.48. The van der Waals surface area contributed by atoms with Gasteiger partial charge < -0.3 is 0 Å². The fourth-order valence-corrected chi connectivity index (χ4v) is 1.48. The van der Waals surface area contributed by atoms with E-state index in [0.29, 0.717) is 0 Å². The van der Waals surface area contributed by atoms with E-state index in [2.05, 4.69) is 18.3 Å². The summed E-state index contributed by atoms with van der Waals surface area (Å²) in [5, 5.41) is 12.2. The van der Waals surface area contributed by atoms with Crippen LogP contribution in [0.25, 0.3) is 0 Å². The molecule has 0 bridgehead atoms. The predicted octanol–water partition coefficient (Wildman–Crippen LogP) is 2.85. The Morgan fingerprint density at radius 3 is 2.38 bits per heavy atom. The summed E-state index contributed by atoms with van der Waals surface area (Å²) in [6.07, 6.45) is 5.92. The van der Waals surface area contributed by atoms with Gasteiger partial charge in [-0.05, 0) is 19.9 Å². The van der Waals surface area contributed by atoms with Crippen LogP contribution in [0.15, 0.2) is 0 Å². The van der Waals surface area contributed by atoms with E-state index in [1.165, 1.54) is 19.3 Å². The predicted molar refractivity (Wildman–Crippen MR) is 56.5 cm³/mol. The van der Waals surface area contributed by atoms with Crippen LogP contribution in [-0.2, 0) is 0 Å². The molecular formula is C11H22N2. The van der Waals surface area contributed by atoms with Gasteiger partial charge in [0.25, 0.3) is 0 Å². The Morgan fingerprint density at radius 2 is 1.92 bits per heavy atom. The molecule has 0 aliphatic heterocycles. The zero-order valence-electron chi connectivity index (χ0n) is 9.19. The molecule has 0 saturated heterocycles. The van der Waals surface area contributed by atoms with Crippen molar-refractivity contribution in [2.75, 3.05) is 6.54 Å². The molecule has 0 aliphatic carbocycles. The van der Waals surface area contributed by atoms with E-state index in [-0.39, 0.29) is 5.54 Å². The molecule has 1 N–H and O–H groups in total. The normalized spacial score (nSPS) is 14.9. The Hall–Kier alpha value is -0.550. The lowest BCUT2D eigenvalue weighted by Gasteiger charge is -2.22. The van der Waals surface area contributed by atoms with Crippen molar-refractivity contribution in [2.45, 2.75) is 58.4 Å². The zero-order valence-corrected chi connectivity index (χ0v) is 9.19. The van der Waals surface area contributed by atoms with Crippen molar-refractivity contribution in [3.63, 3.8) is 0 Å². The van der Waals surface area contributed by atoms with Crippen molar-refractivity contribution in [1.82, 2.24) is 5.32 Å². The SMILES string of the molecule is CCCCCCC(C)(C#N)NCC. The molecule has 1 atom stereocenters. The highest BCUT2D eigenvalue weighted by Gasteiger charge is 2.20. The first-order valence-corrected chi connectivity index (χ1v) is 5.34. The van der Waals surface area contributed by atoms with Crippen molar-refractivity contribution < 1.29 is 0 Å². The van der Waals surface area contributed by atoms with E-state index in [1.54, 1.807) is 0 Å². The maximum absolute atomic E-state index is 8.96. The largest absolute Gasteiger partial charge is 0.300 e. The highest BCUT2D eigenvalue weighted by molar-refractivity contribution is 5.03. The Kier molecular flexibility index (Phi) is 6.62. The number of nitrogens with zero attached hydrogens (tertiary/aromatic N) is 1. The summed E-state index contributed by atoms with van der Waals surface area (Å²) in [6.45, 7) is 7.11.